The fourth-order valence-electron chi connectivity index (χ4n) is 4.45. The molecule has 0 unspecified atom stereocenters. The maximum Gasteiger partial charge on any atom is 0.254 e. The number of carbonyl (C=O) groups excluding carboxylic acids is 2. The minimum Gasteiger partial charge on any atom is -0.385 e. The van der Waals surface area contributed by atoms with Crippen LogP contribution in [0.15, 0.2) is 29.2 Å². The number of methoxy groups -OCH3 is 1. The molecule has 1 aromatic carbocycles. The molecule has 1 aliphatic carbocycles. The van der Waals surface area contributed by atoms with Crippen LogP contribution in [0.5, 0.6) is 0 Å². The van der Waals surface area contributed by atoms with Crippen LogP contribution in [0.2, 0.25) is 0 Å². The average Bonchev–Trinajstić information content (AvgIpc) is 3.29. The van der Waals surface area contributed by atoms with Crippen molar-refractivity contribution >= 4 is 38.1 Å². The second kappa shape index (κ2) is 12.3. The van der Waals surface area contributed by atoms with Crippen LogP contribution in [0.3, 0.4) is 0 Å². The summed E-state index contributed by atoms with van der Waals surface area (Å²) in [6, 6.07) is 6.03. The van der Waals surface area contributed by atoms with Crippen molar-refractivity contribution in [1.29, 1.82) is 0 Å². The Balaban J connectivity index is 1.43. The molecule has 2 heterocycles. The lowest BCUT2D eigenvalue weighted by atomic mass is 9.95. The SMILES string of the molecule is COCCCNC(=O)c1c(NCC(=O)c2ccc(S(=O)(=O)N3CCOCC3)cc2)sc2c1CCCC2. The Morgan fingerprint density at radius 2 is 1.83 bits per heavy atom. The molecule has 1 amide bonds. The number of ketones is 1. The summed E-state index contributed by atoms with van der Waals surface area (Å²) in [4.78, 5) is 27.3. The van der Waals surface area contributed by atoms with Crippen molar-refractivity contribution in [2.45, 2.75) is 37.0 Å². The highest BCUT2D eigenvalue weighted by Gasteiger charge is 2.27. The quantitative estimate of drug-likeness (QED) is 0.336. The van der Waals surface area contributed by atoms with Crippen molar-refractivity contribution in [3.8, 4) is 0 Å². The first-order valence-electron chi connectivity index (χ1n) is 12.3. The molecule has 2 aromatic rings. The van der Waals surface area contributed by atoms with Crippen LogP contribution in [-0.4, -0.2) is 77.5 Å². The standard InChI is InChI=1S/C25H33N3O6S2/c1-33-14-4-11-26-24(30)23-20-5-2-3-6-22(20)35-25(23)27-17-21(29)18-7-9-19(10-8-18)36(31,32)28-12-15-34-16-13-28/h7-10,27H,2-6,11-17H2,1H3,(H,26,30). The number of hydrogen-bond donors (Lipinski definition) is 2. The third-order valence-corrected chi connectivity index (χ3v) is 9.57. The number of anilines is 1. The van der Waals surface area contributed by atoms with Gasteiger partial charge in [-0.25, -0.2) is 8.42 Å². The summed E-state index contributed by atoms with van der Waals surface area (Å²) < 4.78 is 37.3. The van der Waals surface area contributed by atoms with Crippen molar-refractivity contribution < 1.29 is 27.5 Å². The minimum atomic E-state index is -3.61. The largest absolute Gasteiger partial charge is 0.385 e. The van der Waals surface area contributed by atoms with E-state index < -0.39 is 10.0 Å². The number of ether oxygens (including phenoxy) is 2. The smallest absolute Gasteiger partial charge is 0.254 e. The second-order valence-corrected chi connectivity index (χ2v) is 11.9. The van der Waals surface area contributed by atoms with Gasteiger partial charge in [0.2, 0.25) is 10.0 Å². The first-order valence-corrected chi connectivity index (χ1v) is 14.5. The molecule has 1 fully saturated rings. The Hall–Kier alpha value is -2.31. The Bertz CT molecular complexity index is 1170. The molecule has 2 aliphatic rings. The van der Waals surface area contributed by atoms with Crippen molar-refractivity contribution in [3.05, 3.63) is 45.8 Å². The molecule has 0 radical (unpaired) electrons. The van der Waals surface area contributed by atoms with E-state index in [0.717, 1.165) is 37.7 Å². The van der Waals surface area contributed by atoms with Crippen molar-refractivity contribution in [2.24, 2.45) is 0 Å². The predicted octanol–water partition coefficient (Wildman–Crippen LogP) is 2.71. The molecule has 0 saturated carbocycles. The van der Waals surface area contributed by atoms with E-state index in [1.54, 1.807) is 30.6 Å². The summed E-state index contributed by atoms with van der Waals surface area (Å²) in [5, 5.41) is 6.88. The van der Waals surface area contributed by atoms with E-state index >= 15 is 0 Å². The number of carbonyl (C=O) groups is 2. The van der Waals surface area contributed by atoms with E-state index in [9.17, 15) is 18.0 Å². The van der Waals surface area contributed by atoms with Gasteiger partial charge in [-0.1, -0.05) is 0 Å². The molecular weight excluding hydrogens is 502 g/mol. The maximum absolute atomic E-state index is 13.0. The number of thiophene rings is 1. The third kappa shape index (κ3) is 6.15. The number of aryl methyl sites for hydroxylation is 1. The van der Waals surface area contributed by atoms with Gasteiger partial charge in [-0.15, -0.1) is 11.3 Å². The molecule has 1 aromatic heterocycles. The molecule has 1 aliphatic heterocycles. The van der Waals surface area contributed by atoms with Gasteiger partial charge < -0.3 is 20.1 Å². The van der Waals surface area contributed by atoms with Crippen molar-refractivity contribution in [1.82, 2.24) is 9.62 Å². The number of amides is 1. The lowest BCUT2D eigenvalue weighted by molar-refractivity contribution is 0.0730. The van der Waals surface area contributed by atoms with Crippen molar-refractivity contribution in [2.75, 3.05) is 58.4 Å². The molecule has 0 atom stereocenters. The summed E-state index contributed by atoms with van der Waals surface area (Å²) in [7, 11) is -1.98. The number of rotatable bonds is 11. The zero-order valence-electron chi connectivity index (χ0n) is 20.5. The van der Waals surface area contributed by atoms with Gasteiger partial charge in [0.25, 0.3) is 5.91 Å². The summed E-state index contributed by atoms with van der Waals surface area (Å²) in [5.74, 6) is -0.304. The topological polar surface area (TPSA) is 114 Å². The molecule has 4 rings (SSSR count). The predicted molar refractivity (Wildman–Crippen MR) is 139 cm³/mol. The number of sulfonamides is 1. The van der Waals surface area contributed by atoms with Crippen molar-refractivity contribution in [3.63, 3.8) is 0 Å². The average molecular weight is 536 g/mol. The van der Waals surface area contributed by atoms with Gasteiger partial charge in [-0.2, -0.15) is 4.31 Å². The second-order valence-electron chi connectivity index (χ2n) is 8.83. The summed E-state index contributed by atoms with van der Waals surface area (Å²) >= 11 is 1.55. The lowest BCUT2D eigenvalue weighted by Crippen LogP contribution is -2.40. The van der Waals surface area contributed by atoms with Gasteiger partial charge in [0.05, 0.1) is 30.2 Å². The highest BCUT2D eigenvalue weighted by Crippen LogP contribution is 2.38. The van der Waals surface area contributed by atoms with Crippen LogP contribution in [0.1, 0.15) is 50.4 Å². The van der Waals surface area contributed by atoms with E-state index in [-0.39, 0.29) is 23.1 Å². The number of benzene rings is 1. The lowest BCUT2D eigenvalue weighted by Gasteiger charge is -2.26. The molecule has 9 nitrogen and oxygen atoms in total. The van der Waals surface area contributed by atoms with Crippen LogP contribution < -0.4 is 10.6 Å². The third-order valence-electron chi connectivity index (χ3n) is 6.40. The summed E-state index contributed by atoms with van der Waals surface area (Å²) in [6.07, 6.45) is 4.68. The van der Waals surface area contributed by atoms with E-state index in [0.29, 0.717) is 55.6 Å². The van der Waals surface area contributed by atoms with Crippen LogP contribution >= 0.6 is 11.3 Å². The van der Waals surface area contributed by atoms with E-state index in [2.05, 4.69) is 10.6 Å². The maximum atomic E-state index is 13.0. The van der Waals surface area contributed by atoms with E-state index in [4.69, 9.17) is 9.47 Å². The van der Waals surface area contributed by atoms with Crippen LogP contribution in [0.25, 0.3) is 0 Å². The summed E-state index contributed by atoms with van der Waals surface area (Å²) in [6.45, 7) is 2.50. The zero-order valence-corrected chi connectivity index (χ0v) is 22.1. The number of Topliss-reactive ketones (excluding diaryl/α,β-unsaturated/α-hetero) is 1. The van der Waals surface area contributed by atoms with Gasteiger partial charge in [0, 0.05) is 43.8 Å². The Labute approximate surface area is 216 Å². The van der Waals surface area contributed by atoms with Crippen LogP contribution in [-0.2, 0) is 32.3 Å². The minimum absolute atomic E-state index is 0.0128. The number of nitrogens with one attached hydrogen (secondary N) is 2. The molecule has 11 heteroatoms. The first kappa shape index (κ1) is 26.7. The number of morpholine rings is 1. The highest BCUT2D eigenvalue weighted by atomic mass is 32.2. The Kier molecular flexibility index (Phi) is 9.13. The Morgan fingerprint density at radius 1 is 1.11 bits per heavy atom. The molecule has 196 valence electrons. The first-order chi connectivity index (χ1) is 17.4. The number of hydrogen-bond acceptors (Lipinski definition) is 8. The molecule has 2 N–H and O–H groups in total. The molecule has 0 bridgehead atoms. The molecule has 36 heavy (non-hydrogen) atoms. The zero-order chi connectivity index (χ0) is 25.5. The normalized spacial score (nSPS) is 16.4. The van der Waals surface area contributed by atoms with Gasteiger partial charge in [-0.3, -0.25) is 9.59 Å². The number of nitrogens with zero attached hydrogens (tertiary/aromatic N) is 1. The van der Waals surface area contributed by atoms with Gasteiger partial charge in [0.15, 0.2) is 5.78 Å². The monoisotopic (exact) mass is 535 g/mol. The Morgan fingerprint density at radius 3 is 2.56 bits per heavy atom. The molecular formula is C25H33N3O6S2. The van der Waals surface area contributed by atoms with Gasteiger partial charge in [0.1, 0.15) is 5.00 Å². The van der Waals surface area contributed by atoms with Gasteiger partial charge >= 0.3 is 0 Å². The highest BCUT2D eigenvalue weighted by molar-refractivity contribution is 7.89. The van der Waals surface area contributed by atoms with Crippen LogP contribution in [0.4, 0.5) is 5.00 Å². The molecule has 0 spiro atoms. The van der Waals surface area contributed by atoms with E-state index in [1.807, 2.05) is 0 Å². The molecule has 1 saturated heterocycles. The number of fused-ring (bicyclic) bond motifs is 1. The fraction of sp³-hybridized carbons (Fsp3) is 0.520. The van der Waals surface area contributed by atoms with Gasteiger partial charge in [-0.05, 0) is 61.9 Å². The fourth-order valence-corrected chi connectivity index (χ4v) is 7.14. The summed E-state index contributed by atoms with van der Waals surface area (Å²) in [5.41, 5.74) is 2.14. The van der Waals surface area contributed by atoms with Crippen LogP contribution in [0, 0.1) is 0 Å². The van der Waals surface area contributed by atoms with E-state index in [1.165, 1.54) is 21.3 Å².